The quantitative estimate of drug-likeness (QED) is 0.773. The summed E-state index contributed by atoms with van der Waals surface area (Å²) >= 11 is 6.43. The Morgan fingerprint density at radius 1 is 0.857 bits per heavy atom. The zero-order valence-electron chi connectivity index (χ0n) is 12.1. The molecule has 2 aromatic rings. The number of halogens is 1. The van der Waals surface area contributed by atoms with E-state index in [0.717, 1.165) is 18.2 Å². The van der Waals surface area contributed by atoms with Crippen molar-refractivity contribution < 1.29 is 0 Å². The fourth-order valence-electron chi connectivity index (χ4n) is 2.64. The van der Waals surface area contributed by atoms with E-state index in [2.05, 4.69) is 65.3 Å². The molecule has 1 heterocycles. The Balaban J connectivity index is 1.70. The van der Waals surface area contributed by atoms with Gasteiger partial charge in [0.25, 0.3) is 0 Å². The van der Waals surface area contributed by atoms with Crippen LogP contribution in [0.15, 0.2) is 72.0 Å². The van der Waals surface area contributed by atoms with Gasteiger partial charge in [0.05, 0.1) is 6.17 Å². The molecule has 3 heteroatoms. The maximum absolute atomic E-state index is 6.43. The molecule has 0 saturated carbocycles. The maximum Gasteiger partial charge on any atom is 0.122 e. The average molecular weight is 299 g/mol. The molecule has 0 saturated heterocycles. The predicted octanol–water partition coefficient (Wildman–Crippen LogP) is 4.39. The van der Waals surface area contributed by atoms with Crippen molar-refractivity contribution in [1.82, 2.24) is 9.80 Å². The number of benzene rings is 2. The Kier molecular flexibility index (Phi) is 4.16. The van der Waals surface area contributed by atoms with E-state index >= 15 is 0 Å². The first kappa shape index (κ1) is 14.0. The minimum absolute atomic E-state index is 0.262. The molecule has 2 nitrogen and oxygen atoms in total. The Morgan fingerprint density at radius 3 is 1.95 bits per heavy atom. The minimum atomic E-state index is 0.262. The van der Waals surface area contributed by atoms with Gasteiger partial charge in [0.2, 0.25) is 0 Å². The largest absolute Gasteiger partial charge is 0.351 e. The van der Waals surface area contributed by atoms with Gasteiger partial charge in [-0.25, -0.2) is 0 Å². The van der Waals surface area contributed by atoms with Gasteiger partial charge in [0.15, 0.2) is 0 Å². The maximum atomic E-state index is 6.43. The van der Waals surface area contributed by atoms with Crippen molar-refractivity contribution in [3.63, 3.8) is 0 Å². The van der Waals surface area contributed by atoms with E-state index in [1.807, 2.05) is 18.3 Å². The van der Waals surface area contributed by atoms with E-state index in [0.29, 0.717) is 0 Å². The van der Waals surface area contributed by atoms with Gasteiger partial charge in [0.1, 0.15) is 5.16 Å². The third kappa shape index (κ3) is 3.22. The standard InChI is InChI=1S/C18H19ClN2/c1-15-20(12-16-8-4-2-5-9-16)14-18(19)21(15)13-17-10-6-3-7-11-17/h2-11,14-15H,12-13H2,1H3. The van der Waals surface area contributed by atoms with E-state index in [-0.39, 0.29) is 6.17 Å². The normalized spacial score (nSPS) is 18.0. The molecule has 0 aromatic heterocycles. The van der Waals surface area contributed by atoms with Gasteiger partial charge in [-0.3, -0.25) is 0 Å². The van der Waals surface area contributed by atoms with Gasteiger partial charge in [0, 0.05) is 19.3 Å². The topological polar surface area (TPSA) is 6.48 Å². The summed E-state index contributed by atoms with van der Waals surface area (Å²) in [4.78, 5) is 4.50. The monoisotopic (exact) mass is 298 g/mol. The molecule has 3 rings (SSSR count). The molecule has 1 atom stereocenters. The third-order valence-corrected chi connectivity index (χ3v) is 4.20. The summed E-state index contributed by atoms with van der Waals surface area (Å²) < 4.78 is 0. The lowest BCUT2D eigenvalue weighted by molar-refractivity contribution is 0.156. The summed E-state index contributed by atoms with van der Waals surface area (Å²) in [5.41, 5.74) is 2.57. The summed E-state index contributed by atoms with van der Waals surface area (Å²) in [6.07, 6.45) is 2.31. The average Bonchev–Trinajstić information content (AvgIpc) is 2.77. The zero-order valence-corrected chi connectivity index (χ0v) is 12.9. The SMILES string of the molecule is CC1N(Cc2ccccc2)C=C(Cl)N1Cc1ccccc1. The number of rotatable bonds is 4. The van der Waals surface area contributed by atoms with Crippen LogP contribution >= 0.6 is 11.6 Å². The first-order valence-corrected chi connectivity index (χ1v) is 7.59. The van der Waals surface area contributed by atoms with Gasteiger partial charge in [-0.1, -0.05) is 72.3 Å². The molecule has 2 aromatic carbocycles. The van der Waals surface area contributed by atoms with Crippen molar-refractivity contribution in [1.29, 1.82) is 0 Å². The summed E-state index contributed by atoms with van der Waals surface area (Å²) in [6, 6.07) is 20.9. The van der Waals surface area contributed by atoms with Crippen LogP contribution in [0.3, 0.4) is 0 Å². The van der Waals surface area contributed by atoms with E-state index in [1.54, 1.807) is 0 Å². The smallest absolute Gasteiger partial charge is 0.122 e. The molecular formula is C18H19ClN2. The van der Waals surface area contributed by atoms with Crippen LogP contribution in [0.5, 0.6) is 0 Å². The first-order valence-electron chi connectivity index (χ1n) is 7.21. The van der Waals surface area contributed by atoms with Crippen molar-refractivity contribution >= 4 is 11.6 Å². The van der Waals surface area contributed by atoms with Crippen molar-refractivity contribution in [3.05, 3.63) is 83.1 Å². The van der Waals surface area contributed by atoms with Crippen LogP contribution in [-0.4, -0.2) is 16.0 Å². The number of hydrogen-bond donors (Lipinski definition) is 0. The molecule has 0 N–H and O–H groups in total. The second-order valence-electron chi connectivity index (χ2n) is 5.36. The van der Waals surface area contributed by atoms with Crippen LogP contribution in [-0.2, 0) is 13.1 Å². The number of hydrogen-bond acceptors (Lipinski definition) is 2. The highest BCUT2D eigenvalue weighted by Gasteiger charge is 2.27. The van der Waals surface area contributed by atoms with E-state index in [9.17, 15) is 0 Å². The van der Waals surface area contributed by atoms with Gasteiger partial charge in [-0.05, 0) is 18.1 Å². The summed E-state index contributed by atoms with van der Waals surface area (Å²) in [5, 5.41) is 0.808. The summed E-state index contributed by atoms with van der Waals surface area (Å²) in [5.74, 6) is 0. The highest BCUT2D eigenvalue weighted by Crippen LogP contribution is 2.28. The predicted molar refractivity (Wildman–Crippen MR) is 87.4 cm³/mol. The van der Waals surface area contributed by atoms with Gasteiger partial charge in [-0.2, -0.15) is 0 Å². The minimum Gasteiger partial charge on any atom is -0.351 e. The van der Waals surface area contributed by atoms with Crippen molar-refractivity contribution in [2.24, 2.45) is 0 Å². The highest BCUT2D eigenvalue weighted by atomic mass is 35.5. The molecule has 0 aliphatic carbocycles. The first-order chi connectivity index (χ1) is 10.2. The molecular weight excluding hydrogens is 280 g/mol. The summed E-state index contributed by atoms with van der Waals surface area (Å²) in [6.45, 7) is 3.91. The third-order valence-electron chi connectivity index (χ3n) is 3.88. The molecule has 1 unspecified atom stereocenters. The Labute approximate surface area is 131 Å². The van der Waals surface area contributed by atoms with Gasteiger partial charge >= 0.3 is 0 Å². The Morgan fingerprint density at radius 2 is 1.38 bits per heavy atom. The van der Waals surface area contributed by atoms with Crippen molar-refractivity contribution in [2.75, 3.05) is 0 Å². The van der Waals surface area contributed by atoms with Crippen LogP contribution in [0, 0.1) is 0 Å². The molecule has 0 amide bonds. The second-order valence-corrected chi connectivity index (χ2v) is 5.74. The van der Waals surface area contributed by atoms with E-state index in [4.69, 9.17) is 11.6 Å². The van der Waals surface area contributed by atoms with E-state index in [1.165, 1.54) is 11.1 Å². The van der Waals surface area contributed by atoms with E-state index < -0.39 is 0 Å². The fourth-order valence-corrected chi connectivity index (χ4v) is 2.96. The summed E-state index contributed by atoms with van der Waals surface area (Å²) in [7, 11) is 0. The molecule has 21 heavy (non-hydrogen) atoms. The highest BCUT2D eigenvalue weighted by molar-refractivity contribution is 6.29. The molecule has 0 spiro atoms. The lowest BCUT2D eigenvalue weighted by atomic mass is 10.2. The molecule has 0 bridgehead atoms. The van der Waals surface area contributed by atoms with Crippen LogP contribution in [0.2, 0.25) is 0 Å². The van der Waals surface area contributed by atoms with Crippen LogP contribution in [0.1, 0.15) is 18.1 Å². The van der Waals surface area contributed by atoms with Crippen LogP contribution in [0.4, 0.5) is 0 Å². The van der Waals surface area contributed by atoms with Gasteiger partial charge < -0.3 is 9.80 Å². The van der Waals surface area contributed by atoms with Gasteiger partial charge in [-0.15, -0.1) is 0 Å². The van der Waals surface area contributed by atoms with Crippen LogP contribution < -0.4 is 0 Å². The molecule has 0 radical (unpaired) electrons. The van der Waals surface area contributed by atoms with Crippen molar-refractivity contribution in [3.8, 4) is 0 Å². The zero-order chi connectivity index (χ0) is 14.7. The molecule has 108 valence electrons. The molecule has 0 fully saturated rings. The van der Waals surface area contributed by atoms with Crippen LogP contribution in [0.25, 0.3) is 0 Å². The Bertz CT molecular complexity index is 610. The second kappa shape index (κ2) is 6.23. The van der Waals surface area contributed by atoms with Crippen molar-refractivity contribution in [2.45, 2.75) is 26.2 Å². The molecule has 1 aliphatic rings. The number of nitrogens with zero attached hydrogens (tertiary/aromatic N) is 2. The molecule has 1 aliphatic heterocycles. The lowest BCUT2D eigenvalue weighted by Gasteiger charge is -2.30. The lowest BCUT2D eigenvalue weighted by Crippen LogP contribution is -2.35. The fraction of sp³-hybridized carbons (Fsp3) is 0.222. The Hall–Kier alpha value is -1.93.